The zero-order chi connectivity index (χ0) is 14.0. The molecule has 0 fully saturated rings. The van der Waals surface area contributed by atoms with E-state index in [9.17, 15) is 0 Å². The van der Waals surface area contributed by atoms with Crippen molar-refractivity contribution >= 4 is 0 Å². The largest absolute Gasteiger partial charge is 7.00 e. The molecule has 0 aliphatic heterocycles. The average Bonchev–Trinajstić information content (AvgIpc) is 2.45. The van der Waals surface area contributed by atoms with Crippen LogP contribution in [0.2, 0.25) is 0 Å². The number of hydrogen-bond acceptors (Lipinski definition) is 14. The van der Waals surface area contributed by atoms with Gasteiger partial charge in [-0.25, -0.2) is 0 Å². The average molecular weight is 596 g/mol. The molecule has 0 atom stereocenters. The van der Waals surface area contributed by atoms with Crippen molar-refractivity contribution in [3.63, 3.8) is 0 Å². The van der Waals surface area contributed by atoms with Gasteiger partial charge in [0.25, 0.3) is 0 Å². The molecule has 16 heteroatoms. The second-order valence-corrected chi connectivity index (χ2v) is 0. The molecule has 0 aromatic carbocycles. The fourth-order valence-corrected chi connectivity index (χ4v) is 0. The van der Waals surface area contributed by atoms with Crippen molar-refractivity contribution in [3.05, 3.63) is 0 Å². The minimum Gasteiger partial charge on any atom is -1.00 e. The molecule has 16 heavy (non-hydrogen) atoms. The van der Waals surface area contributed by atoms with Crippen molar-refractivity contribution in [1.82, 2.24) is 0 Å². The molecule has 0 heterocycles. The van der Waals surface area contributed by atoms with Crippen LogP contribution in [0.25, 0.3) is 0 Å². The van der Waals surface area contributed by atoms with Gasteiger partial charge in [0, 0.05) is 0 Å². The summed E-state index contributed by atoms with van der Waals surface area (Å²) in [6, 6.07) is 0. The molecule has 0 aliphatic rings. The fourth-order valence-electron chi connectivity index (χ4n) is 0. The summed E-state index contributed by atoms with van der Waals surface area (Å²) in [7, 11) is 0. The SMILES string of the molecule is [O-][O-].[O-][O-].[O-][O-].[O-][O-].[O-][O-].[O-][O-].[O-][O-].[Re+7].[Re+7]. The van der Waals surface area contributed by atoms with E-state index in [1.807, 2.05) is 0 Å². The Bertz CT molecular complexity index is 8.70. The maximum atomic E-state index is 7.00. The first-order valence-corrected chi connectivity index (χ1v) is 1.17. The monoisotopic (exact) mass is 598 g/mol. The first kappa shape index (κ1) is 69.1. The Morgan fingerprint density at radius 1 is 0.188 bits per heavy atom. The molecule has 0 amide bonds. The molecule has 0 saturated carbocycles. The zero-order valence-electron chi connectivity index (χ0n) is 6.47. The summed E-state index contributed by atoms with van der Waals surface area (Å²) in [5, 5.41) is 98.0. The van der Waals surface area contributed by atoms with E-state index in [2.05, 4.69) is 0 Å². The van der Waals surface area contributed by atoms with Crippen LogP contribution in [0.15, 0.2) is 0 Å². The molecule has 0 aliphatic carbocycles. The normalized spacial score (nSPS) is 2.62. The van der Waals surface area contributed by atoms with Crippen molar-refractivity contribution in [3.8, 4) is 0 Å². The Hall–Kier alpha value is 0.765. The molecule has 14 nitrogen and oxygen atoms in total. The van der Waals surface area contributed by atoms with Crippen LogP contribution in [0.5, 0.6) is 0 Å². The molecular formula is O14Re2. The Labute approximate surface area is 115 Å². The van der Waals surface area contributed by atoms with E-state index < -0.39 is 0 Å². The van der Waals surface area contributed by atoms with Gasteiger partial charge in [-0.05, 0) is 0 Å². The third kappa shape index (κ3) is 4780. The Morgan fingerprint density at radius 3 is 0.188 bits per heavy atom. The molecule has 0 radical (unpaired) electrons. The van der Waals surface area contributed by atoms with Crippen LogP contribution in [-0.2, 0) is 40.8 Å². The minimum absolute atomic E-state index is 0. The van der Waals surface area contributed by atoms with Crippen molar-refractivity contribution in [2.24, 2.45) is 0 Å². The van der Waals surface area contributed by atoms with E-state index in [-0.39, 0.29) is 40.8 Å². The minimum atomic E-state index is 0. The molecule has 0 aromatic heterocycles. The molecule has 0 unspecified atom stereocenters. The van der Waals surface area contributed by atoms with Crippen LogP contribution in [0, 0.1) is 0 Å². The third-order valence-electron chi connectivity index (χ3n) is 0. The topological polar surface area (TPSA) is 323 Å². The summed E-state index contributed by atoms with van der Waals surface area (Å²) < 4.78 is 0. The van der Waals surface area contributed by atoms with Gasteiger partial charge in [0.05, 0.1) is 0 Å². The first-order chi connectivity index (χ1) is 7.00. The first-order valence-electron chi connectivity index (χ1n) is 1.17. The van der Waals surface area contributed by atoms with Gasteiger partial charge in [0.1, 0.15) is 0 Å². The van der Waals surface area contributed by atoms with E-state index >= 15 is 0 Å². The Balaban J connectivity index is -0.00000000500. The maximum Gasteiger partial charge on any atom is 7.00 e. The number of hydrogen-bond donors (Lipinski definition) is 0. The summed E-state index contributed by atoms with van der Waals surface area (Å²) in [6.07, 6.45) is 0. The quantitative estimate of drug-likeness (QED) is 0.185. The van der Waals surface area contributed by atoms with E-state index in [1.54, 1.807) is 0 Å². The summed E-state index contributed by atoms with van der Waals surface area (Å²) in [6.45, 7) is 0. The summed E-state index contributed by atoms with van der Waals surface area (Å²) in [5.74, 6) is 0. The van der Waals surface area contributed by atoms with Gasteiger partial charge in [-0.15, -0.1) is 0 Å². The van der Waals surface area contributed by atoms with Crippen LogP contribution >= 0.6 is 0 Å². The molecule has 0 N–H and O–H groups in total. The Kier molecular flexibility index (Phi) is 25400. The van der Waals surface area contributed by atoms with Gasteiger partial charge >= 0.3 is 40.8 Å². The molecule has 0 saturated heterocycles. The molecule has 0 aromatic rings. The van der Waals surface area contributed by atoms with Crippen LogP contribution in [0.3, 0.4) is 0 Å². The molecule has 98 valence electrons. The smallest absolute Gasteiger partial charge is 1.00 e. The van der Waals surface area contributed by atoms with Crippen LogP contribution < -0.4 is 73.6 Å². The van der Waals surface area contributed by atoms with E-state index in [0.29, 0.717) is 0 Å². The fraction of sp³-hybridized carbons (Fsp3) is 0. The van der Waals surface area contributed by atoms with Crippen LogP contribution in [0.1, 0.15) is 0 Å². The van der Waals surface area contributed by atoms with Gasteiger partial charge in [0.15, 0.2) is 0 Å². The van der Waals surface area contributed by atoms with Gasteiger partial charge in [-0.3, -0.25) is 0 Å². The van der Waals surface area contributed by atoms with Gasteiger partial charge in [0.2, 0.25) is 0 Å². The Morgan fingerprint density at radius 2 is 0.188 bits per heavy atom. The van der Waals surface area contributed by atoms with Gasteiger partial charge < -0.3 is 73.6 Å². The molecule has 0 bridgehead atoms. The van der Waals surface area contributed by atoms with Crippen molar-refractivity contribution in [1.29, 1.82) is 0 Å². The summed E-state index contributed by atoms with van der Waals surface area (Å²) in [5.41, 5.74) is 0. The molecular weight excluding hydrogens is 596 g/mol. The van der Waals surface area contributed by atoms with Crippen LogP contribution in [0.4, 0.5) is 0 Å². The summed E-state index contributed by atoms with van der Waals surface area (Å²) >= 11 is 0. The predicted molar refractivity (Wildman–Crippen MR) is 0 cm³/mol. The van der Waals surface area contributed by atoms with E-state index in [0.717, 1.165) is 0 Å². The van der Waals surface area contributed by atoms with Crippen molar-refractivity contribution in [2.75, 3.05) is 0 Å². The standard InChI is InChI=1S/7O2.2Re/c7*1-2;;/q7*-2;2*+7. The van der Waals surface area contributed by atoms with Crippen molar-refractivity contribution in [2.45, 2.75) is 0 Å². The second kappa shape index (κ2) is 5880. The number of rotatable bonds is 0. The molecule has 0 rings (SSSR count). The zero-order valence-corrected chi connectivity index (χ0v) is 11.9. The van der Waals surface area contributed by atoms with Gasteiger partial charge in [-0.1, -0.05) is 0 Å². The summed E-state index contributed by atoms with van der Waals surface area (Å²) in [4.78, 5) is 0. The molecule has 0 spiro atoms. The second-order valence-electron chi connectivity index (χ2n) is 0. The van der Waals surface area contributed by atoms with E-state index in [1.165, 1.54) is 0 Å². The maximum absolute atomic E-state index is 7.00. The van der Waals surface area contributed by atoms with E-state index in [4.69, 9.17) is 73.6 Å². The predicted octanol–water partition coefficient (Wildman–Crippen LogP) is -16.7. The third-order valence-corrected chi connectivity index (χ3v) is 0. The van der Waals surface area contributed by atoms with Gasteiger partial charge in [-0.2, -0.15) is 0 Å². The van der Waals surface area contributed by atoms with Crippen LogP contribution in [-0.4, -0.2) is 0 Å². The van der Waals surface area contributed by atoms with Crippen molar-refractivity contribution < 1.29 is 114 Å².